The zero-order chi connectivity index (χ0) is 14.9. The van der Waals surface area contributed by atoms with Crippen molar-refractivity contribution < 1.29 is 13.6 Å². The third kappa shape index (κ3) is 3.26. The Hall–Kier alpha value is -1.66. The van der Waals surface area contributed by atoms with Crippen LogP contribution >= 0.6 is 27.5 Å². The highest BCUT2D eigenvalue weighted by Gasteiger charge is 2.15. The quantitative estimate of drug-likeness (QED) is 0.787. The predicted molar refractivity (Wildman–Crippen MR) is 77.9 cm³/mol. The molecule has 0 aliphatic rings. The fourth-order valence-electron chi connectivity index (χ4n) is 1.59. The van der Waals surface area contributed by atoms with Gasteiger partial charge in [0.1, 0.15) is 5.69 Å². The zero-order valence-corrected chi connectivity index (χ0v) is 12.2. The summed E-state index contributed by atoms with van der Waals surface area (Å²) in [5.41, 5.74) is 5.41. The van der Waals surface area contributed by atoms with Crippen LogP contribution in [0.25, 0.3) is 0 Å². The Morgan fingerprint density at radius 3 is 2.30 bits per heavy atom. The lowest BCUT2D eigenvalue weighted by molar-refractivity contribution is 0.102. The molecule has 2 aromatic rings. The summed E-state index contributed by atoms with van der Waals surface area (Å²) in [6.45, 7) is 0. The second-order valence-electron chi connectivity index (χ2n) is 3.97. The van der Waals surface area contributed by atoms with E-state index in [9.17, 15) is 13.6 Å². The van der Waals surface area contributed by atoms with E-state index in [0.29, 0.717) is 0 Å². The van der Waals surface area contributed by atoms with Gasteiger partial charge in [-0.15, -0.1) is 0 Å². The second kappa shape index (κ2) is 5.76. The normalized spacial score (nSPS) is 10.4. The van der Waals surface area contributed by atoms with Gasteiger partial charge in [-0.3, -0.25) is 4.79 Å². The van der Waals surface area contributed by atoms with Crippen LogP contribution in [0.1, 0.15) is 10.4 Å². The minimum atomic E-state index is -0.889. The number of nitrogen functional groups attached to an aromatic ring is 1. The van der Waals surface area contributed by atoms with Gasteiger partial charge in [0, 0.05) is 20.7 Å². The zero-order valence-electron chi connectivity index (χ0n) is 9.88. The summed E-state index contributed by atoms with van der Waals surface area (Å²) in [4.78, 5) is 11.9. The number of rotatable bonds is 2. The summed E-state index contributed by atoms with van der Waals surface area (Å²) in [6, 6.07) is 6.26. The number of hydrogen-bond donors (Lipinski definition) is 2. The first-order valence-corrected chi connectivity index (χ1v) is 6.56. The maximum absolute atomic E-state index is 13.6. The van der Waals surface area contributed by atoms with Gasteiger partial charge in [-0.05, 0) is 30.3 Å². The molecule has 1 amide bonds. The van der Waals surface area contributed by atoms with Crippen molar-refractivity contribution in [3.05, 3.63) is 57.0 Å². The van der Waals surface area contributed by atoms with Crippen molar-refractivity contribution in [2.45, 2.75) is 0 Å². The number of benzene rings is 2. The molecule has 0 fully saturated rings. The van der Waals surface area contributed by atoms with E-state index < -0.39 is 23.2 Å². The van der Waals surface area contributed by atoms with E-state index in [0.717, 1.165) is 12.1 Å². The van der Waals surface area contributed by atoms with Crippen molar-refractivity contribution >= 4 is 44.8 Å². The number of amides is 1. The van der Waals surface area contributed by atoms with E-state index in [1.54, 1.807) is 0 Å². The molecule has 2 aromatic carbocycles. The first-order chi connectivity index (χ1) is 9.36. The van der Waals surface area contributed by atoms with Gasteiger partial charge in [-0.2, -0.15) is 0 Å². The Kier molecular flexibility index (Phi) is 4.25. The van der Waals surface area contributed by atoms with Crippen LogP contribution in [-0.2, 0) is 0 Å². The van der Waals surface area contributed by atoms with E-state index in [1.807, 2.05) is 0 Å². The van der Waals surface area contributed by atoms with Crippen LogP contribution in [0.15, 0.2) is 34.8 Å². The number of carbonyl (C=O) groups excluding carboxylic acids is 1. The highest BCUT2D eigenvalue weighted by atomic mass is 79.9. The largest absolute Gasteiger partial charge is 0.399 e. The van der Waals surface area contributed by atoms with Crippen molar-refractivity contribution in [3.63, 3.8) is 0 Å². The summed E-state index contributed by atoms with van der Waals surface area (Å²) < 4.78 is 27.5. The van der Waals surface area contributed by atoms with Gasteiger partial charge in [0.05, 0.1) is 0 Å². The van der Waals surface area contributed by atoms with Crippen LogP contribution in [0.4, 0.5) is 20.2 Å². The molecule has 0 saturated heterocycles. The van der Waals surface area contributed by atoms with Crippen molar-refractivity contribution in [1.29, 1.82) is 0 Å². The number of halogens is 4. The first-order valence-electron chi connectivity index (χ1n) is 5.39. The smallest absolute Gasteiger partial charge is 0.255 e. The lowest BCUT2D eigenvalue weighted by Crippen LogP contribution is -2.14. The number of hydrogen-bond acceptors (Lipinski definition) is 2. The van der Waals surface area contributed by atoms with Crippen molar-refractivity contribution in [2.24, 2.45) is 0 Å². The highest BCUT2D eigenvalue weighted by molar-refractivity contribution is 9.10. The number of nitrogens with one attached hydrogen (secondary N) is 1. The third-order valence-corrected chi connectivity index (χ3v) is 3.10. The van der Waals surface area contributed by atoms with Gasteiger partial charge >= 0.3 is 0 Å². The van der Waals surface area contributed by atoms with Gasteiger partial charge in [0.25, 0.3) is 5.91 Å². The average molecular weight is 362 g/mol. The Labute approximate surface area is 126 Å². The Morgan fingerprint density at radius 1 is 1.15 bits per heavy atom. The molecule has 20 heavy (non-hydrogen) atoms. The Morgan fingerprint density at radius 2 is 1.75 bits per heavy atom. The lowest BCUT2D eigenvalue weighted by atomic mass is 10.2. The van der Waals surface area contributed by atoms with Gasteiger partial charge in [-0.1, -0.05) is 27.5 Å². The molecule has 104 valence electrons. The van der Waals surface area contributed by atoms with Crippen LogP contribution in [0.2, 0.25) is 5.02 Å². The first kappa shape index (κ1) is 14.7. The second-order valence-corrected chi connectivity index (χ2v) is 5.32. The van der Waals surface area contributed by atoms with Crippen molar-refractivity contribution in [1.82, 2.24) is 0 Å². The van der Waals surface area contributed by atoms with Gasteiger partial charge in [0.15, 0.2) is 11.6 Å². The Bertz CT molecular complexity index is 651. The molecule has 0 aromatic heterocycles. The van der Waals surface area contributed by atoms with E-state index in [-0.39, 0.29) is 20.7 Å². The minimum absolute atomic E-state index is 0.108. The van der Waals surface area contributed by atoms with Crippen LogP contribution in [0.3, 0.4) is 0 Å². The number of carbonyl (C=O) groups is 1. The molecule has 0 unspecified atom stereocenters. The fraction of sp³-hybridized carbons (Fsp3) is 0. The maximum atomic E-state index is 13.6. The minimum Gasteiger partial charge on any atom is -0.399 e. The standard InChI is InChI=1S/C13H8BrClF2N2O/c14-7-3-10(16)12(11(17)4-7)19-13(20)6-1-8(15)5-9(18)2-6/h1-5H,18H2,(H,19,20). The molecular weight excluding hydrogens is 354 g/mol. The van der Waals surface area contributed by atoms with E-state index >= 15 is 0 Å². The van der Waals surface area contributed by atoms with Crippen LogP contribution in [0.5, 0.6) is 0 Å². The summed E-state index contributed by atoms with van der Waals surface area (Å²) in [6.07, 6.45) is 0. The molecular formula is C13H8BrClF2N2O. The molecule has 0 saturated carbocycles. The molecule has 0 bridgehead atoms. The summed E-state index contributed by atoms with van der Waals surface area (Å²) >= 11 is 8.72. The lowest BCUT2D eigenvalue weighted by Gasteiger charge is -2.09. The molecule has 3 nitrogen and oxygen atoms in total. The van der Waals surface area contributed by atoms with Crippen LogP contribution in [0, 0.1) is 11.6 Å². The molecule has 3 N–H and O–H groups in total. The van der Waals surface area contributed by atoms with E-state index in [2.05, 4.69) is 21.2 Å². The predicted octanol–water partition coefficient (Wildman–Crippen LogP) is 4.22. The van der Waals surface area contributed by atoms with Gasteiger partial charge < -0.3 is 11.1 Å². The SMILES string of the molecule is Nc1cc(Cl)cc(C(=O)Nc2c(F)cc(Br)cc2F)c1. The molecule has 0 radical (unpaired) electrons. The van der Waals surface area contributed by atoms with Crippen LogP contribution in [-0.4, -0.2) is 5.91 Å². The van der Waals surface area contributed by atoms with Gasteiger partial charge in [-0.25, -0.2) is 8.78 Å². The van der Waals surface area contributed by atoms with Gasteiger partial charge in [0.2, 0.25) is 0 Å². The average Bonchev–Trinajstić information content (AvgIpc) is 2.32. The van der Waals surface area contributed by atoms with Crippen molar-refractivity contribution in [2.75, 3.05) is 11.1 Å². The molecule has 0 atom stereocenters. The number of nitrogens with two attached hydrogens (primary N) is 1. The van der Waals surface area contributed by atoms with Crippen LogP contribution < -0.4 is 11.1 Å². The maximum Gasteiger partial charge on any atom is 0.255 e. The molecule has 0 aliphatic carbocycles. The Balaban J connectivity index is 2.32. The molecule has 0 aliphatic heterocycles. The summed E-state index contributed by atoms with van der Waals surface area (Å²) in [5, 5.41) is 2.41. The summed E-state index contributed by atoms with van der Waals surface area (Å²) in [7, 11) is 0. The molecule has 0 spiro atoms. The summed E-state index contributed by atoms with van der Waals surface area (Å²) in [5.74, 6) is -2.49. The third-order valence-electron chi connectivity index (χ3n) is 2.43. The number of anilines is 2. The monoisotopic (exact) mass is 360 g/mol. The van der Waals surface area contributed by atoms with E-state index in [1.165, 1.54) is 18.2 Å². The topological polar surface area (TPSA) is 55.1 Å². The molecule has 7 heteroatoms. The fourth-order valence-corrected chi connectivity index (χ4v) is 2.24. The molecule has 0 heterocycles. The highest BCUT2D eigenvalue weighted by Crippen LogP contribution is 2.25. The molecule has 2 rings (SSSR count). The van der Waals surface area contributed by atoms with Crippen molar-refractivity contribution in [3.8, 4) is 0 Å². The van der Waals surface area contributed by atoms with E-state index in [4.69, 9.17) is 17.3 Å².